The number of phenolic OH excluding ortho intramolecular Hbond substituents is 1. The topological polar surface area (TPSA) is 156 Å². The van der Waals surface area contributed by atoms with E-state index in [0.717, 1.165) is 12.1 Å². The molecule has 0 aromatic heterocycles. The first kappa shape index (κ1) is 19.5. The lowest BCUT2D eigenvalue weighted by Crippen LogP contribution is -2.21. The predicted octanol–water partition coefficient (Wildman–Crippen LogP) is 1.82. The maximum absolute atomic E-state index is 11.4. The van der Waals surface area contributed by atoms with Gasteiger partial charge in [0.1, 0.15) is 22.1 Å². The Morgan fingerprint density at radius 2 is 1.88 bits per heavy atom. The van der Waals surface area contributed by atoms with E-state index in [4.69, 9.17) is 26.6 Å². The third-order valence-electron chi connectivity index (χ3n) is 3.14. The van der Waals surface area contributed by atoms with Crippen molar-refractivity contribution in [1.82, 2.24) is 0 Å². The molecule has 26 heavy (non-hydrogen) atoms. The second-order valence-electron chi connectivity index (χ2n) is 5.14. The Hall–Kier alpha value is -2.82. The van der Waals surface area contributed by atoms with Crippen LogP contribution in [0.15, 0.2) is 35.2 Å². The van der Waals surface area contributed by atoms with E-state index in [1.54, 1.807) is 6.92 Å². The molecule has 0 aliphatic carbocycles. The van der Waals surface area contributed by atoms with E-state index in [1.807, 2.05) is 0 Å². The minimum Gasteiger partial charge on any atom is -0.507 e. The van der Waals surface area contributed by atoms with Crippen molar-refractivity contribution in [1.29, 1.82) is 0 Å². The fourth-order valence-corrected chi connectivity index (χ4v) is 2.97. The molecule has 2 aromatic carbocycles. The highest BCUT2D eigenvalue weighted by atomic mass is 35.5. The van der Waals surface area contributed by atoms with Crippen molar-refractivity contribution in [3.05, 3.63) is 40.9 Å². The fourth-order valence-electron chi connectivity index (χ4n) is 2.02. The van der Waals surface area contributed by atoms with Gasteiger partial charge in [0.25, 0.3) is 0 Å². The fraction of sp³-hybridized carbons (Fsp3) is 0.0667. The Morgan fingerprint density at radius 1 is 1.23 bits per heavy atom. The van der Waals surface area contributed by atoms with E-state index in [-0.39, 0.29) is 22.2 Å². The standard InChI is InChI=1S/C15H13ClN2O7S/c1-7-4-8(18-14(20)15(21)22)5-10(16)13(7)25-9-2-3-11(19)12(6-9)26(17,23)24/h2-6,19H,1H3,(H,18,20)(H,21,22)(H2,17,23,24). The smallest absolute Gasteiger partial charge is 0.394 e. The molecular formula is C15H13ClN2O7S. The summed E-state index contributed by atoms with van der Waals surface area (Å²) in [6.45, 7) is 1.58. The summed E-state index contributed by atoms with van der Waals surface area (Å²) in [7, 11) is -4.16. The van der Waals surface area contributed by atoms with Crippen LogP contribution in [0.1, 0.15) is 5.56 Å². The minimum absolute atomic E-state index is 0.0379. The van der Waals surface area contributed by atoms with Gasteiger partial charge in [-0.3, -0.25) is 4.79 Å². The first-order chi connectivity index (χ1) is 12.0. The molecule has 0 saturated carbocycles. The Kier molecular flexibility index (Phi) is 5.40. The SMILES string of the molecule is Cc1cc(NC(=O)C(=O)O)cc(Cl)c1Oc1ccc(O)c(S(N)(=O)=O)c1. The van der Waals surface area contributed by atoms with Crippen molar-refractivity contribution in [3.8, 4) is 17.2 Å². The molecule has 0 spiro atoms. The maximum Gasteiger partial charge on any atom is 0.394 e. The summed E-state index contributed by atoms with van der Waals surface area (Å²) >= 11 is 6.09. The van der Waals surface area contributed by atoms with Crippen molar-refractivity contribution < 1.29 is 33.0 Å². The number of nitrogens with one attached hydrogen (secondary N) is 1. The number of aromatic hydroxyl groups is 1. The Labute approximate surface area is 153 Å². The number of carboxylic acid groups (broad SMARTS) is 1. The number of carbonyl (C=O) groups is 2. The Bertz CT molecular complexity index is 982. The average Bonchev–Trinajstić information content (AvgIpc) is 2.51. The molecule has 2 rings (SSSR count). The zero-order valence-electron chi connectivity index (χ0n) is 13.2. The number of primary sulfonamides is 1. The van der Waals surface area contributed by atoms with Crippen LogP contribution in [-0.4, -0.2) is 30.5 Å². The predicted molar refractivity (Wildman–Crippen MR) is 92.0 cm³/mol. The molecule has 11 heteroatoms. The molecule has 5 N–H and O–H groups in total. The molecule has 0 aliphatic rings. The first-order valence-corrected chi connectivity index (χ1v) is 8.79. The third kappa shape index (κ3) is 4.42. The van der Waals surface area contributed by atoms with Crippen LogP contribution >= 0.6 is 11.6 Å². The van der Waals surface area contributed by atoms with Gasteiger partial charge in [0.2, 0.25) is 10.0 Å². The number of carboxylic acids is 1. The number of nitrogens with two attached hydrogens (primary N) is 1. The number of aliphatic carboxylic acids is 1. The molecule has 1 amide bonds. The lowest BCUT2D eigenvalue weighted by atomic mass is 10.2. The molecule has 138 valence electrons. The monoisotopic (exact) mass is 400 g/mol. The number of halogens is 1. The van der Waals surface area contributed by atoms with Gasteiger partial charge in [0.05, 0.1) is 5.02 Å². The maximum atomic E-state index is 11.4. The number of rotatable bonds is 4. The average molecular weight is 401 g/mol. The zero-order valence-corrected chi connectivity index (χ0v) is 14.8. The largest absolute Gasteiger partial charge is 0.507 e. The summed E-state index contributed by atoms with van der Waals surface area (Å²) in [5.74, 6) is -3.23. The summed E-state index contributed by atoms with van der Waals surface area (Å²) in [5, 5.41) is 25.4. The van der Waals surface area contributed by atoms with Gasteiger partial charge in [-0.25, -0.2) is 18.4 Å². The van der Waals surface area contributed by atoms with Crippen LogP contribution in [0.25, 0.3) is 0 Å². The van der Waals surface area contributed by atoms with Gasteiger partial charge in [-0.1, -0.05) is 11.6 Å². The van der Waals surface area contributed by atoms with Gasteiger partial charge in [0.15, 0.2) is 0 Å². The number of phenols is 1. The Morgan fingerprint density at radius 3 is 2.42 bits per heavy atom. The van der Waals surface area contributed by atoms with E-state index in [9.17, 15) is 23.1 Å². The lowest BCUT2D eigenvalue weighted by molar-refractivity contribution is -0.147. The van der Waals surface area contributed by atoms with Gasteiger partial charge in [0, 0.05) is 11.8 Å². The van der Waals surface area contributed by atoms with E-state index < -0.39 is 32.5 Å². The van der Waals surface area contributed by atoms with Gasteiger partial charge >= 0.3 is 11.9 Å². The number of benzene rings is 2. The highest BCUT2D eigenvalue weighted by Gasteiger charge is 2.18. The number of anilines is 1. The number of amides is 1. The number of ether oxygens (including phenoxy) is 1. The third-order valence-corrected chi connectivity index (χ3v) is 4.36. The van der Waals surface area contributed by atoms with Crippen LogP contribution in [0.2, 0.25) is 5.02 Å². The van der Waals surface area contributed by atoms with Crippen LogP contribution in [0.3, 0.4) is 0 Å². The number of carbonyl (C=O) groups excluding carboxylic acids is 1. The second kappa shape index (κ2) is 7.20. The second-order valence-corrected chi connectivity index (χ2v) is 7.08. The van der Waals surface area contributed by atoms with E-state index in [2.05, 4.69) is 5.32 Å². The molecule has 0 atom stereocenters. The summed E-state index contributed by atoms with van der Waals surface area (Å²) in [6.07, 6.45) is 0. The van der Waals surface area contributed by atoms with Gasteiger partial charge in [-0.2, -0.15) is 0 Å². The van der Waals surface area contributed by atoms with Crippen molar-refractivity contribution in [3.63, 3.8) is 0 Å². The Balaban J connectivity index is 2.36. The first-order valence-electron chi connectivity index (χ1n) is 6.87. The van der Waals surface area contributed by atoms with Gasteiger partial charge in [-0.15, -0.1) is 0 Å². The van der Waals surface area contributed by atoms with Crippen LogP contribution in [-0.2, 0) is 19.6 Å². The van der Waals surface area contributed by atoms with Crippen molar-refractivity contribution >= 4 is 39.2 Å². The highest BCUT2D eigenvalue weighted by molar-refractivity contribution is 7.89. The minimum atomic E-state index is -4.16. The lowest BCUT2D eigenvalue weighted by Gasteiger charge is -2.14. The summed E-state index contributed by atoms with van der Waals surface area (Å²) < 4.78 is 28.4. The van der Waals surface area contributed by atoms with Gasteiger partial charge < -0.3 is 20.3 Å². The number of hydrogen-bond acceptors (Lipinski definition) is 6. The van der Waals surface area contributed by atoms with E-state index >= 15 is 0 Å². The van der Waals surface area contributed by atoms with Crippen molar-refractivity contribution in [2.45, 2.75) is 11.8 Å². The number of sulfonamides is 1. The van der Waals surface area contributed by atoms with Crippen LogP contribution in [0, 0.1) is 6.92 Å². The molecule has 0 fully saturated rings. The summed E-state index contributed by atoms with van der Waals surface area (Å²) in [4.78, 5) is 21.3. The summed E-state index contributed by atoms with van der Waals surface area (Å²) in [6, 6.07) is 6.12. The molecule has 2 aromatic rings. The van der Waals surface area contributed by atoms with Crippen LogP contribution < -0.4 is 15.2 Å². The van der Waals surface area contributed by atoms with Gasteiger partial charge in [-0.05, 0) is 36.8 Å². The molecule has 0 unspecified atom stereocenters. The normalized spacial score (nSPS) is 11.0. The molecular weight excluding hydrogens is 388 g/mol. The van der Waals surface area contributed by atoms with Crippen molar-refractivity contribution in [2.75, 3.05) is 5.32 Å². The molecule has 0 saturated heterocycles. The summed E-state index contributed by atoms with van der Waals surface area (Å²) in [5.41, 5.74) is 0.576. The highest BCUT2D eigenvalue weighted by Crippen LogP contribution is 2.37. The van der Waals surface area contributed by atoms with Crippen LogP contribution in [0.4, 0.5) is 5.69 Å². The molecule has 9 nitrogen and oxygen atoms in total. The zero-order chi connectivity index (χ0) is 19.6. The molecule has 0 radical (unpaired) electrons. The molecule has 0 aliphatic heterocycles. The van der Waals surface area contributed by atoms with E-state index in [0.29, 0.717) is 5.56 Å². The van der Waals surface area contributed by atoms with Crippen LogP contribution in [0.5, 0.6) is 17.2 Å². The number of aryl methyl sites for hydroxylation is 1. The van der Waals surface area contributed by atoms with Crippen molar-refractivity contribution in [2.24, 2.45) is 5.14 Å². The van der Waals surface area contributed by atoms with E-state index in [1.165, 1.54) is 18.2 Å². The molecule has 0 heterocycles. The quantitative estimate of drug-likeness (QED) is 0.570. The number of hydrogen-bond donors (Lipinski definition) is 4. The molecule has 0 bridgehead atoms.